The van der Waals surface area contributed by atoms with Gasteiger partial charge in [-0.25, -0.2) is 4.98 Å². The van der Waals surface area contributed by atoms with E-state index in [4.69, 9.17) is 4.74 Å². The van der Waals surface area contributed by atoms with E-state index in [1.807, 2.05) is 18.2 Å². The fourth-order valence-electron chi connectivity index (χ4n) is 3.50. The number of nitrogens with one attached hydrogen (secondary N) is 1. The molecular weight excluding hydrogens is 406 g/mol. The van der Waals surface area contributed by atoms with Crippen LogP contribution in [0.15, 0.2) is 66.9 Å². The largest absolute Gasteiger partial charge is 0.439 e. The zero-order valence-electron chi connectivity index (χ0n) is 17.7. The molecule has 0 spiro atoms. The predicted octanol–water partition coefficient (Wildman–Crippen LogP) is 4.38. The highest BCUT2D eigenvalue weighted by molar-refractivity contribution is 6.02. The van der Waals surface area contributed by atoms with Crippen LogP contribution in [-0.4, -0.2) is 29.6 Å². The Morgan fingerprint density at radius 3 is 2.59 bits per heavy atom. The Morgan fingerprint density at radius 2 is 1.84 bits per heavy atom. The Bertz CT molecular complexity index is 1140. The van der Waals surface area contributed by atoms with Gasteiger partial charge in [-0.15, -0.1) is 0 Å². The van der Waals surface area contributed by atoms with Crippen LogP contribution in [0.5, 0.6) is 11.6 Å². The summed E-state index contributed by atoms with van der Waals surface area (Å²) in [7, 11) is 1.68. The number of ether oxygens (including phenoxy) is 1. The lowest BCUT2D eigenvalue weighted by molar-refractivity contribution is -0.118. The number of hydrogen-bond donors (Lipinski definition) is 1. The number of aromatic nitrogens is 1. The van der Waals surface area contributed by atoms with Crippen LogP contribution < -0.4 is 15.0 Å². The van der Waals surface area contributed by atoms with Crippen LogP contribution in [0.2, 0.25) is 0 Å². The lowest BCUT2D eigenvalue weighted by Gasteiger charge is -2.18. The van der Waals surface area contributed by atoms with Crippen molar-refractivity contribution in [3.05, 3.63) is 78.0 Å². The molecule has 2 aromatic carbocycles. The van der Waals surface area contributed by atoms with Gasteiger partial charge in [0.1, 0.15) is 5.75 Å². The normalized spacial score (nSPS) is 12.5. The van der Waals surface area contributed by atoms with Crippen molar-refractivity contribution < 1.29 is 19.1 Å². The lowest BCUT2D eigenvalue weighted by atomic mass is 9.97. The summed E-state index contributed by atoms with van der Waals surface area (Å²) in [5.74, 6) is 0.855. The highest BCUT2D eigenvalue weighted by Gasteiger charge is 2.18. The lowest BCUT2D eigenvalue weighted by Crippen LogP contribution is -2.26. The van der Waals surface area contributed by atoms with Crippen molar-refractivity contribution in [2.45, 2.75) is 25.7 Å². The maximum absolute atomic E-state index is 12.6. The van der Waals surface area contributed by atoms with Crippen LogP contribution in [-0.2, 0) is 16.0 Å². The van der Waals surface area contributed by atoms with Gasteiger partial charge >= 0.3 is 0 Å². The van der Waals surface area contributed by atoms with E-state index < -0.39 is 0 Å². The summed E-state index contributed by atoms with van der Waals surface area (Å²) in [6.45, 7) is 0. The van der Waals surface area contributed by atoms with Gasteiger partial charge in [-0.05, 0) is 60.5 Å². The van der Waals surface area contributed by atoms with Gasteiger partial charge in [-0.3, -0.25) is 14.4 Å². The first-order valence-electron chi connectivity index (χ1n) is 10.4. The number of benzene rings is 2. The van der Waals surface area contributed by atoms with Crippen molar-refractivity contribution in [2.24, 2.45) is 0 Å². The quantitative estimate of drug-likeness (QED) is 0.563. The highest BCUT2D eigenvalue weighted by atomic mass is 16.5. The molecule has 0 saturated carbocycles. The molecule has 32 heavy (non-hydrogen) atoms. The van der Waals surface area contributed by atoms with Crippen LogP contribution in [0.25, 0.3) is 0 Å². The standard InChI is InChI=1S/C25H23N3O4/c1-28(19-7-9-20(10-8-19)32-24-4-2-3-15-26-24)25(31)14-12-22(29)18-5-11-21-17(16-18)6-13-23(30)27-21/h2-5,7-11,15-16H,6,12-14H2,1H3,(H,27,30). The number of aryl methyl sites for hydroxylation is 1. The Morgan fingerprint density at radius 1 is 1.03 bits per heavy atom. The van der Waals surface area contributed by atoms with E-state index >= 15 is 0 Å². The topological polar surface area (TPSA) is 88.6 Å². The summed E-state index contributed by atoms with van der Waals surface area (Å²) in [6, 6.07) is 17.8. The third-order valence-electron chi connectivity index (χ3n) is 5.35. The molecule has 7 heteroatoms. The molecule has 0 unspecified atom stereocenters. The van der Waals surface area contributed by atoms with E-state index in [0.29, 0.717) is 35.7 Å². The van der Waals surface area contributed by atoms with Crippen molar-refractivity contribution >= 4 is 29.0 Å². The Labute approximate surface area is 186 Å². The van der Waals surface area contributed by atoms with Crippen molar-refractivity contribution in [1.29, 1.82) is 0 Å². The fraction of sp³-hybridized carbons (Fsp3) is 0.200. The molecule has 2 amide bonds. The second-order valence-electron chi connectivity index (χ2n) is 7.56. The number of amides is 2. The van der Waals surface area contributed by atoms with Crippen LogP contribution in [0.3, 0.4) is 0 Å². The van der Waals surface area contributed by atoms with Gasteiger partial charge in [-0.2, -0.15) is 0 Å². The third-order valence-corrected chi connectivity index (χ3v) is 5.35. The van der Waals surface area contributed by atoms with E-state index in [9.17, 15) is 14.4 Å². The average Bonchev–Trinajstić information content (AvgIpc) is 2.82. The number of anilines is 2. The van der Waals surface area contributed by atoms with Gasteiger partial charge in [0, 0.05) is 55.5 Å². The van der Waals surface area contributed by atoms with Crippen molar-refractivity contribution in [1.82, 2.24) is 4.98 Å². The molecular formula is C25H23N3O4. The molecule has 1 aliphatic rings. The van der Waals surface area contributed by atoms with Crippen LogP contribution in [0.4, 0.5) is 11.4 Å². The molecule has 7 nitrogen and oxygen atoms in total. The van der Waals surface area contributed by atoms with Crippen molar-refractivity contribution in [3.8, 4) is 11.6 Å². The summed E-state index contributed by atoms with van der Waals surface area (Å²) in [6.07, 6.45) is 2.91. The van der Waals surface area contributed by atoms with Crippen LogP contribution >= 0.6 is 0 Å². The third kappa shape index (κ3) is 5.00. The van der Waals surface area contributed by atoms with E-state index in [1.165, 1.54) is 4.90 Å². The minimum atomic E-state index is -0.151. The molecule has 0 aliphatic carbocycles. The number of hydrogen-bond acceptors (Lipinski definition) is 5. The molecule has 1 N–H and O–H groups in total. The second-order valence-corrected chi connectivity index (χ2v) is 7.56. The van der Waals surface area contributed by atoms with Gasteiger partial charge in [0.25, 0.3) is 0 Å². The smallest absolute Gasteiger partial charge is 0.227 e. The highest BCUT2D eigenvalue weighted by Crippen LogP contribution is 2.25. The molecule has 3 aromatic rings. The van der Waals surface area contributed by atoms with E-state index in [1.54, 1.807) is 55.7 Å². The molecule has 0 atom stereocenters. The first-order valence-corrected chi connectivity index (χ1v) is 10.4. The second kappa shape index (κ2) is 9.43. The van der Waals surface area contributed by atoms with Gasteiger partial charge in [0.05, 0.1) is 0 Å². The molecule has 2 heterocycles. The molecule has 0 saturated heterocycles. The van der Waals surface area contributed by atoms with Crippen molar-refractivity contribution in [2.75, 3.05) is 17.3 Å². The molecule has 0 fully saturated rings. The SMILES string of the molecule is CN(C(=O)CCC(=O)c1ccc2c(c1)CCC(=O)N2)c1ccc(Oc2ccccn2)cc1. The number of pyridine rings is 1. The first-order chi connectivity index (χ1) is 15.5. The number of nitrogens with zero attached hydrogens (tertiary/aromatic N) is 2. The molecule has 0 bridgehead atoms. The maximum Gasteiger partial charge on any atom is 0.227 e. The molecule has 4 rings (SSSR count). The van der Waals surface area contributed by atoms with E-state index in [-0.39, 0.29) is 30.4 Å². The Balaban J connectivity index is 1.32. The summed E-state index contributed by atoms with van der Waals surface area (Å²) in [5, 5.41) is 2.80. The maximum atomic E-state index is 12.6. The average molecular weight is 429 g/mol. The number of carbonyl (C=O) groups excluding carboxylic acids is 3. The summed E-state index contributed by atoms with van der Waals surface area (Å²) in [4.78, 5) is 42.3. The Hall–Kier alpha value is -4.00. The monoisotopic (exact) mass is 429 g/mol. The Kier molecular flexibility index (Phi) is 6.26. The van der Waals surface area contributed by atoms with Gasteiger partial charge in [0.2, 0.25) is 17.7 Å². The number of ketones is 1. The minimum absolute atomic E-state index is 0.0125. The fourth-order valence-corrected chi connectivity index (χ4v) is 3.50. The minimum Gasteiger partial charge on any atom is -0.439 e. The molecule has 0 radical (unpaired) electrons. The molecule has 1 aliphatic heterocycles. The zero-order valence-corrected chi connectivity index (χ0v) is 17.7. The van der Waals surface area contributed by atoms with Gasteiger partial charge in [0.15, 0.2) is 5.78 Å². The number of Topliss-reactive ketones (excluding diaryl/α,β-unsaturated/α-hetero) is 1. The van der Waals surface area contributed by atoms with E-state index in [2.05, 4.69) is 10.3 Å². The van der Waals surface area contributed by atoms with Gasteiger partial charge < -0.3 is 15.0 Å². The number of carbonyl (C=O) groups is 3. The number of rotatable bonds is 7. The first kappa shape index (κ1) is 21.2. The summed E-state index contributed by atoms with van der Waals surface area (Å²) in [5.41, 5.74) is 2.97. The van der Waals surface area contributed by atoms with Crippen LogP contribution in [0.1, 0.15) is 35.2 Å². The molecule has 162 valence electrons. The molecule has 1 aromatic heterocycles. The van der Waals surface area contributed by atoms with Crippen LogP contribution in [0, 0.1) is 0 Å². The predicted molar refractivity (Wildman–Crippen MR) is 121 cm³/mol. The zero-order chi connectivity index (χ0) is 22.5. The van der Waals surface area contributed by atoms with E-state index in [0.717, 1.165) is 11.3 Å². The number of fused-ring (bicyclic) bond motifs is 1. The van der Waals surface area contributed by atoms with Crippen molar-refractivity contribution in [3.63, 3.8) is 0 Å². The summed E-state index contributed by atoms with van der Waals surface area (Å²) < 4.78 is 5.66. The summed E-state index contributed by atoms with van der Waals surface area (Å²) >= 11 is 0. The van der Waals surface area contributed by atoms with Gasteiger partial charge in [-0.1, -0.05) is 6.07 Å².